The first-order chi connectivity index (χ1) is 7.19. The van der Waals surface area contributed by atoms with E-state index in [9.17, 15) is 4.79 Å². The molecule has 4 nitrogen and oxygen atoms in total. The molecule has 76 valence electrons. The maximum Gasteiger partial charge on any atom is 0.336 e. The fourth-order valence-corrected chi connectivity index (χ4v) is 1.12. The molecule has 0 spiro atoms. The van der Waals surface area contributed by atoms with Crippen molar-refractivity contribution in [3.8, 4) is 11.8 Å². The zero-order valence-electron chi connectivity index (χ0n) is 8.10. The molecule has 1 aromatic carbocycles. The molecule has 0 unspecified atom stereocenters. The van der Waals surface area contributed by atoms with Crippen LogP contribution in [-0.2, 0) is 0 Å². The van der Waals surface area contributed by atoms with Crippen molar-refractivity contribution < 1.29 is 14.6 Å². The van der Waals surface area contributed by atoms with E-state index in [1.54, 1.807) is 18.2 Å². The van der Waals surface area contributed by atoms with E-state index in [-0.39, 0.29) is 5.56 Å². The first kappa shape index (κ1) is 10.8. The highest BCUT2D eigenvalue weighted by Gasteiger charge is 2.08. The summed E-state index contributed by atoms with van der Waals surface area (Å²) in [5, 5.41) is 17.3. The summed E-state index contributed by atoms with van der Waals surface area (Å²) in [7, 11) is 1.46. The molecule has 1 N–H and O–H groups in total. The minimum Gasteiger partial charge on any atom is -0.497 e. The molecule has 15 heavy (non-hydrogen) atoms. The third-order valence-corrected chi connectivity index (χ3v) is 1.83. The zero-order valence-corrected chi connectivity index (χ0v) is 8.10. The highest BCUT2D eigenvalue weighted by atomic mass is 16.5. The molecule has 0 atom stereocenters. The summed E-state index contributed by atoms with van der Waals surface area (Å²) >= 11 is 0. The molecule has 0 heterocycles. The number of hydrogen-bond acceptors (Lipinski definition) is 3. The minimum atomic E-state index is -1.05. The summed E-state index contributed by atoms with van der Waals surface area (Å²) in [6.07, 6.45) is 2.68. The van der Waals surface area contributed by atoms with Gasteiger partial charge >= 0.3 is 5.97 Å². The number of carboxylic acids is 1. The summed E-state index contributed by atoms with van der Waals surface area (Å²) in [5.41, 5.74) is 0.589. The van der Waals surface area contributed by atoms with Gasteiger partial charge < -0.3 is 9.84 Å². The molecule has 0 radical (unpaired) electrons. The lowest BCUT2D eigenvalue weighted by Crippen LogP contribution is -2.00. The maximum atomic E-state index is 10.9. The van der Waals surface area contributed by atoms with E-state index in [0.717, 1.165) is 0 Å². The Hall–Kier alpha value is -2.28. The molecule has 0 aliphatic rings. The first-order valence-electron chi connectivity index (χ1n) is 4.16. The van der Waals surface area contributed by atoms with Gasteiger partial charge in [-0.05, 0) is 23.8 Å². The molecule has 1 aromatic rings. The molecule has 0 amide bonds. The average Bonchev–Trinajstić information content (AvgIpc) is 2.26. The van der Waals surface area contributed by atoms with Gasteiger partial charge in [0.05, 0.1) is 18.7 Å². The Bertz CT molecular complexity index is 444. The van der Waals surface area contributed by atoms with Crippen LogP contribution < -0.4 is 4.74 Å². The quantitative estimate of drug-likeness (QED) is 0.762. The zero-order chi connectivity index (χ0) is 11.3. The molecule has 0 aliphatic carbocycles. The van der Waals surface area contributed by atoms with Gasteiger partial charge in [0.25, 0.3) is 0 Å². The number of rotatable bonds is 3. The van der Waals surface area contributed by atoms with Gasteiger partial charge in [-0.15, -0.1) is 0 Å². The van der Waals surface area contributed by atoms with E-state index in [1.807, 2.05) is 0 Å². The van der Waals surface area contributed by atoms with E-state index in [4.69, 9.17) is 15.1 Å². The molecule has 0 saturated heterocycles. The van der Waals surface area contributed by atoms with E-state index < -0.39 is 5.97 Å². The minimum absolute atomic E-state index is 0.112. The number of hydrogen-bond donors (Lipinski definition) is 1. The van der Waals surface area contributed by atoms with Crippen molar-refractivity contribution in [2.45, 2.75) is 0 Å². The summed E-state index contributed by atoms with van der Waals surface area (Å²) in [5.74, 6) is -0.576. The van der Waals surface area contributed by atoms with Gasteiger partial charge in [0.2, 0.25) is 0 Å². The number of allylic oxidation sites excluding steroid dienone is 1. The molecule has 0 aromatic heterocycles. The van der Waals surface area contributed by atoms with Crippen LogP contribution in [0, 0.1) is 11.3 Å². The van der Waals surface area contributed by atoms with Crippen LogP contribution in [0.2, 0.25) is 0 Å². The molecular formula is C11H9NO3. The fourth-order valence-electron chi connectivity index (χ4n) is 1.12. The van der Waals surface area contributed by atoms with Gasteiger partial charge in [0.1, 0.15) is 5.75 Å². The lowest BCUT2D eigenvalue weighted by Gasteiger charge is -2.04. The van der Waals surface area contributed by atoms with Crippen LogP contribution in [0.1, 0.15) is 15.9 Å². The highest BCUT2D eigenvalue weighted by molar-refractivity contribution is 5.92. The van der Waals surface area contributed by atoms with Crippen molar-refractivity contribution >= 4 is 12.0 Å². The molecule has 0 saturated carbocycles. The summed E-state index contributed by atoms with van der Waals surface area (Å²) in [4.78, 5) is 10.9. The van der Waals surface area contributed by atoms with Crippen LogP contribution in [0.25, 0.3) is 6.08 Å². The Balaban J connectivity index is 3.22. The average molecular weight is 203 g/mol. The number of benzene rings is 1. The van der Waals surface area contributed by atoms with E-state index in [2.05, 4.69) is 0 Å². The van der Waals surface area contributed by atoms with Crippen LogP contribution in [0.3, 0.4) is 0 Å². The Morgan fingerprint density at radius 3 is 2.87 bits per heavy atom. The number of aromatic carboxylic acids is 1. The largest absolute Gasteiger partial charge is 0.497 e. The maximum absolute atomic E-state index is 10.9. The lowest BCUT2D eigenvalue weighted by molar-refractivity contribution is 0.0696. The van der Waals surface area contributed by atoms with Crippen molar-refractivity contribution in [1.82, 2.24) is 0 Å². The Labute approximate surface area is 87.0 Å². The Kier molecular flexibility index (Phi) is 3.47. The van der Waals surface area contributed by atoms with Gasteiger partial charge in [-0.25, -0.2) is 4.79 Å². The van der Waals surface area contributed by atoms with Crippen molar-refractivity contribution in [3.63, 3.8) is 0 Å². The van der Waals surface area contributed by atoms with Gasteiger partial charge in [-0.1, -0.05) is 6.07 Å². The number of methoxy groups -OCH3 is 1. The predicted octanol–water partition coefficient (Wildman–Crippen LogP) is 1.93. The molecule has 4 heteroatoms. The second-order valence-electron chi connectivity index (χ2n) is 2.72. The first-order valence-corrected chi connectivity index (χ1v) is 4.16. The summed E-state index contributed by atoms with van der Waals surface area (Å²) in [6, 6.07) is 6.46. The third-order valence-electron chi connectivity index (χ3n) is 1.83. The third kappa shape index (κ3) is 2.58. The lowest BCUT2D eigenvalue weighted by atomic mass is 10.1. The van der Waals surface area contributed by atoms with Gasteiger partial charge in [-0.2, -0.15) is 5.26 Å². The van der Waals surface area contributed by atoms with Gasteiger partial charge in [0, 0.05) is 6.08 Å². The van der Waals surface area contributed by atoms with Gasteiger partial charge in [0.15, 0.2) is 0 Å². The smallest absolute Gasteiger partial charge is 0.336 e. The highest BCUT2D eigenvalue weighted by Crippen LogP contribution is 2.18. The van der Waals surface area contributed by atoms with Crippen LogP contribution in [-0.4, -0.2) is 18.2 Å². The number of nitrogens with zero attached hydrogens (tertiary/aromatic N) is 1. The van der Waals surface area contributed by atoms with E-state index in [1.165, 1.54) is 25.3 Å². The second-order valence-corrected chi connectivity index (χ2v) is 2.72. The second kappa shape index (κ2) is 4.82. The molecular weight excluding hydrogens is 194 g/mol. The Morgan fingerprint density at radius 1 is 1.60 bits per heavy atom. The van der Waals surface area contributed by atoms with Crippen LogP contribution in [0.4, 0.5) is 0 Å². The van der Waals surface area contributed by atoms with E-state index >= 15 is 0 Å². The van der Waals surface area contributed by atoms with Crippen molar-refractivity contribution in [2.24, 2.45) is 0 Å². The summed E-state index contributed by atoms with van der Waals surface area (Å²) in [6.45, 7) is 0. The fraction of sp³-hybridized carbons (Fsp3) is 0.0909. The Morgan fingerprint density at radius 2 is 2.33 bits per heavy atom. The molecule has 1 rings (SSSR count). The molecule has 0 aliphatic heterocycles. The van der Waals surface area contributed by atoms with Crippen LogP contribution >= 0.6 is 0 Å². The molecule has 0 fully saturated rings. The van der Waals surface area contributed by atoms with Crippen LogP contribution in [0.15, 0.2) is 24.3 Å². The topological polar surface area (TPSA) is 70.3 Å². The number of carboxylic acid groups (broad SMARTS) is 1. The molecule has 0 bridgehead atoms. The van der Waals surface area contributed by atoms with Crippen molar-refractivity contribution in [3.05, 3.63) is 35.4 Å². The van der Waals surface area contributed by atoms with Crippen LogP contribution in [0.5, 0.6) is 5.75 Å². The number of carbonyl (C=O) groups is 1. The van der Waals surface area contributed by atoms with E-state index in [0.29, 0.717) is 11.3 Å². The van der Waals surface area contributed by atoms with Crippen molar-refractivity contribution in [2.75, 3.05) is 7.11 Å². The standard InChI is InChI=1S/C11H9NO3/c1-15-9-5-4-8(3-2-6-12)10(7-9)11(13)14/h2-5,7H,1H3,(H,13,14). The normalized spacial score (nSPS) is 9.87. The van der Waals surface area contributed by atoms with Gasteiger partial charge in [-0.3, -0.25) is 0 Å². The summed E-state index contributed by atoms with van der Waals surface area (Å²) < 4.78 is 4.91. The van der Waals surface area contributed by atoms with Crippen molar-refractivity contribution in [1.29, 1.82) is 5.26 Å². The number of nitriles is 1. The number of ether oxygens (including phenoxy) is 1. The SMILES string of the molecule is COc1ccc(C=CC#N)c(C(=O)O)c1. The monoisotopic (exact) mass is 203 g/mol. The predicted molar refractivity (Wildman–Crippen MR) is 54.6 cm³/mol.